The Bertz CT molecular complexity index is 843. The van der Waals surface area contributed by atoms with Gasteiger partial charge in [0.05, 0.1) is 11.9 Å². The van der Waals surface area contributed by atoms with Crippen molar-refractivity contribution in [2.24, 2.45) is 14.1 Å². The van der Waals surface area contributed by atoms with Gasteiger partial charge in [0.25, 0.3) is 5.56 Å². The molecule has 0 atom stereocenters. The molecule has 2 rings (SSSR count). The summed E-state index contributed by atoms with van der Waals surface area (Å²) in [7, 11) is 2.94. The minimum Gasteiger partial charge on any atom is -0.318 e. The van der Waals surface area contributed by atoms with Gasteiger partial charge in [-0.1, -0.05) is 0 Å². The molecule has 0 unspecified atom stereocenters. The highest BCUT2D eigenvalue weighted by molar-refractivity contribution is 7.98. The van der Waals surface area contributed by atoms with Crippen LogP contribution in [-0.2, 0) is 14.1 Å². The molecule has 0 spiro atoms. The number of hydrogen-bond donors (Lipinski definition) is 1. The van der Waals surface area contributed by atoms with Crippen molar-refractivity contribution in [2.45, 2.75) is 4.90 Å². The lowest BCUT2D eigenvalue weighted by molar-refractivity contribution is -0.332. The monoisotopic (exact) mass is 278 g/mol. The van der Waals surface area contributed by atoms with E-state index < -0.39 is 11.2 Å². The van der Waals surface area contributed by atoms with E-state index in [0.29, 0.717) is 15.9 Å². The molecular weight excluding hydrogens is 266 g/mol. The number of hydrogen-bond acceptors (Lipinski definition) is 5. The molecule has 0 fully saturated rings. The minimum atomic E-state index is -0.454. The first-order valence-electron chi connectivity index (χ1n) is 5.32. The first kappa shape index (κ1) is 13.2. The Balaban J connectivity index is 3.24. The van der Waals surface area contributed by atoms with Gasteiger partial charge in [0.1, 0.15) is 17.0 Å². The van der Waals surface area contributed by atoms with E-state index in [1.54, 1.807) is 6.26 Å². The van der Waals surface area contributed by atoms with Crippen LogP contribution in [0.15, 0.2) is 14.5 Å². The van der Waals surface area contributed by atoms with Crippen molar-refractivity contribution in [3.8, 4) is 6.07 Å². The highest BCUT2D eigenvalue weighted by atomic mass is 32.2. The molecule has 8 heteroatoms. The number of anilines is 1. The predicted molar refractivity (Wildman–Crippen MR) is 71.9 cm³/mol. The number of fused-ring (bicyclic) bond motifs is 1. The Labute approximate surface area is 112 Å². The van der Waals surface area contributed by atoms with Crippen LogP contribution in [0.25, 0.3) is 11.0 Å². The van der Waals surface area contributed by atoms with Crippen molar-refractivity contribution in [2.75, 3.05) is 12.0 Å². The van der Waals surface area contributed by atoms with E-state index in [4.69, 9.17) is 11.0 Å². The number of aromatic nitrogens is 3. The Kier molecular flexibility index (Phi) is 3.08. The molecule has 0 saturated carbocycles. The molecular formula is C11H12N5O2S+. The Morgan fingerprint density at radius 3 is 2.47 bits per heavy atom. The zero-order valence-electron chi connectivity index (χ0n) is 10.6. The molecule has 2 aromatic rings. The smallest absolute Gasteiger partial charge is 0.318 e. The van der Waals surface area contributed by atoms with Gasteiger partial charge in [-0.15, -0.1) is 11.8 Å². The number of H-pyrrole nitrogens is 1. The molecule has 0 aromatic carbocycles. The molecule has 98 valence electrons. The molecule has 0 aliphatic carbocycles. The second-order valence-electron chi connectivity index (χ2n) is 3.99. The second kappa shape index (κ2) is 4.44. The average Bonchev–Trinajstić information content (AvgIpc) is 2.41. The van der Waals surface area contributed by atoms with Crippen LogP contribution in [0.1, 0.15) is 5.56 Å². The molecule has 0 aliphatic rings. The molecule has 0 saturated heterocycles. The van der Waals surface area contributed by atoms with Crippen LogP contribution in [0, 0.1) is 11.3 Å². The summed E-state index contributed by atoms with van der Waals surface area (Å²) in [5.74, 6) is 0.141. The van der Waals surface area contributed by atoms with Crippen LogP contribution in [-0.4, -0.2) is 15.4 Å². The van der Waals surface area contributed by atoms with E-state index in [2.05, 4.69) is 4.98 Å². The number of aryl methyl sites for hydroxylation is 1. The highest BCUT2D eigenvalue weighted by Crippen LogP contribution is 2.26. The minimum absolute atomic E-state index is 0.141. The molecule has 0 radical (unpaired) electrons. The highest BCUT2D eigenvalue weighted by Gasteiger charge is 2.22. The molecule has 0 bridgehead atoms. The number of nitrogens with two attached hydrogens (primary N) is 1. The Hall–Kier alpha value is -2.27. The van der Waals surface area contributed by atoms with E-state index in [1.807, 2.05) is 6.07 Å². The number of rotatable bonds is 1. The third kappa shape index (κ3) is 1.70. The zero-order chi connectivity index (χ0) is 14.3. The van der Waals surface area contributed by atoms with Crippen LogP contribution in [0.3, 0.4) is 0 Å². The lowest BCUT2D eigenvalue weighted by Gasteiger charge is -2.08. The number of aromatic amines is 1. The fourth-order valence-electron chi connectivity index (χ4n) is 1.95. The topological polar surface area (TPSA) is 108 Å². The van der Waals surface area contributed by atoms with Crippen LogP contribution < -0.4 is 22.0 Å². The first-order chi connectivity index (χ1) is 8.93. The SMILES string of the molecule is CSc1c(C#N)c(N)[nH+]c2c1c(=O)n(C)c(=O)n2C. The summed E-state index contributed by atoms with van der Waals surface area (Å²) < 4.78 is 2.31. The van der Waals surface area contributed by atoms with Crippen molar-refractivity contribution in [3.05, 3.63) is 26.4 Å². The van der Waals surface area contributed by atoms with E-state index in [9.17, 15) is 9.59 Å². The maximum atomic E-state index is 12.2. The van der Waals surface area contributed by atoms with Gasteiger partial charge in [-0.2, -0.15) is 5.26 Å². The largest absolute Gasteiger partial charge is 0.388 e. The van der Waals surface area contributed by atoms with Crippen LogP contribution in [0.5, 0.6) is 0 Å². The summed E-state index contributed by atoms with van der Waals surface area (Å²) in [6.07, 6.45) is 1.75. The van der Waals surface area contributed by atoms with Gasteiger partial charge in [0, 0.05) is 7.05 Å². The normalized spacial score (nSPS) is 10.6. The number of thioether (sulfide) groups is 1. The number of pyridine rings is 1. The standard InChI is InChI=1S/C11H11N5O2S/c1-15-9-6(10(17)16(2)11(15)18)7(19-3)5(4-12)8(13)14-9/h1-3H3,(H2,13,14)/p+1. The predicted octanol–water partition coefficient (Wildman–Crippen LogP) is -0.773. The van der Waals surface area contributed by atoms with Crippen molar-refractivity contribution in [1.82, 2.24) is 9.13 Å². The average molecular weight is 278 g/mol. The van der Waals surface area contributed by atoms with E-state index >= 15 is 0 Å². The fourth-order valence-corrected chi connectivity index (χ4v) is 2.70. The van der Waals surface area contributed by atoms with Gasteiger partial charge in [-0.25, -0.2) is 18.9 Å². The van der Waals surface area contributed by atoms with Gasteiger partial charge in [0.2, 0.25) is 11.5 Å². The summed E-state index contributed by atoms with van der Waals surface area (Å²) in [5.41, 5.74) is 5.39. The third-order valence-electron chi connectivity index (χ3n) is 2.96. The van der Waals surface area contributed by atoms with Crippen LogP contribution in [0.4, 0.5) is 5.82 Å². The summed E-state index contributed by atoms with van der Waals surface area (Å²) in [6, 6.07) is 1.98. The van der Waals surface area contributed by atoms with Gasteiger partial charge in [0.15, 0.2) is 0 Å². The Morgan fingerprint density at radius 1 is 1.32 bits per heavy atom. The van der Waals surface area contributed by atoms with Gasteiger partial charge in [-0.05, 0) is 6.26 Å². The summed E-state index contributed by atoms with van der Waals surface area (Å²) in [5, 5.41) is 9.43. The van der Waals surface area contributed by atoms with E-state index in [1.165, 1.54) is 30.4 Å². The van der Waals surface area contributed by atoms with Crippen LogP contribution in [0.2, 0.25) is 0 Å². The summed E-state index contributed by atoms with van der Waals surface area (Å²) >= 11 is 1.25. The fraction of sp³-hybridized carbons (Fsp3) is 0.273. The maximum absolute atomic E-state index is 12.2. The molecule has 0 amide bonds. The maximum Gasteiger partial charge on any atom is 0.388 e. The lowest BCUT2D eigenvalue weighted by Crippen LogP contribution is -2.40. The quantitative estimate of drug-likeness (QED) is 0.689. The number of nitriles is 1. The number of nitrogens with zero attached hydrogens (tertiary/aromatic N) is 3. The zero-order valence-corrected chi connectivity index (χ0v) is 11.5. The Morgan fingerprint density at radius 2 is 1.95 bits per heavy atom. The van der Waals surface area contributed by atoms with Crippen molar-refractivity contribution >= 4 is 28.6 Å². The van der Waals surface area contributed by atoms with Gasteiger partial charge in [-0.3, -0.25) is 4.79 Å². The third-order valence-corrected chi connectivity index (χ3v) is 3.77. The van der Waals surface area contributed by atoms with Crippen LogP contribution >= 0.6 is 11.8 Å². The summed E-state index contributed by atoms with van der Waals surface area (Å²) in [4.78, 5) is 27.3. The van der Waals surface area contributed by atoms with E-state index in [-0.39, 0.29) is 11.4 Å². The number of nitrogens with one attached hydrogen (secondary N) is 1. The first-order valence-corrected chi connectivity index (χ1v) is 6.55. The molecule has 3 N–H and O–H groups in total. The molecule has 0 aliphatic heterocycles. The molecule has 2 heterocycles. The number of nitrogen functional groups attached to an aromatic ring is 1. The van der Waals surface area contributed by atoms with E-state index in [0.717, 1.165) is 4.57 Å². The summed E-state index contributed by atoms with van der Waals surface area (Å²) in [6.45, 7) is 0. The van der Waals surface area contributed by atoms with Crippen molar-refractivity contribution < 1.29 is 4.98 Å². The van der Waals surface area contributed by atoms with Gasteiger partial charge >= 0.3 is 5.69 Å². The van der Waals surface area contributed by atoms with Crippen molar-refractivity contribution in [3.63, 3.8) is 0 Å². The molecule has 2 aromatic heterocycles. The lowest BCUT2D eigenvalue weighted by atomic mass is 10.2. The second-order valence-corrected chi connectivity index (χ2v) is 4.80. The molecule has 19 heavy (non-hydrogen) atoms. The molecule has 7 nitrogen and oxygen atoms in total. The van der Waals surface area contributed by atoms with Gasteiger partial charge < -0.3 is 5.73 Å². The van der Waals surface area contributed by atoms with Crippen molar-refractivity contribution in [1.29, 1.82) is 5.26 Å².